The lowest BCUT2D eigenvalue weighted by Crippen LogP contribution is -2.33. The van der Waals surface area contributed by atoms with Crippen LogP contribution in [0.3, 0.4) is 0 Å². The van der Waals surface area contributed by atoms with Crippen molar-refractivity contribution in [2.75, 3.05) is 11.9 Å². The first-order chi connectivity index (χ1) is 8.08. The van der Waals surface area contributed by atoms with E-state index in [1.807, 2.05) is 6.92 Å². The van der Waals surface area contributed by atoms with Gasteiger partial charge in [-0.2, -0.15) is 0 Å². The number of anilines is 1. The standard InChI is InChI=1S/C12H19N3O2/c1-9(7-10(2)16)8-14-12(17)15-11-3-5-13-6-4-11/h3-6,9-10,16H,7-8H2,1-2H3,(H2,13,14,15,17). The van der Waals surface area contributed by atoms with Crippen molar-refractivity contribution in [2.45, 2.75) is 26.4 Å². The van der Waals surface area contributed by atoms with Gasteiger partial charge in [0.1, 0.15) is 0 Å². The van der Waals surface area contributed by atoms with Crippen LogP contribution in [0.5, 0.6) is 0 Å². The van der Waals surface area contributed by atoms with Crippen molar-refractivity contribution in [3.63, 3.8) is 0 Å². The third-order valence-electron chi connectivity index (χ3n) is 2.29. The minimum absolute atomic E-state index is 0.242. The van der Waals surface area contributed by atoms with Crippen LogP contribution >= 0.6 is 0 Å². The second-order valence-electron chi connectivity index (χ2n) is 4.26. The molecule has 1 rings (SSSR count). The van der Waals surface area contributed by atoms with Crippen molar-refractivity contribution in [1.82, 2.24) is 10.3 Å². The molecule has 5 heteroatoms. The Bertz CT molecular complexity index is 341. The van der Waals surface area contributed by atoms with Gasteiger partial charge in [0.2, 0.25) is 0 Å². The van der Waals surface area contributed by atoms with Gasteiger partial charge in [0, 0.05) is 24.6 Å². The third kappa shape index (κ3) is 5.87. The van der Waals surface area contributed by atoms with Gasteiger partial charge < -0.3 is 15.7 Å². The van der Waals surface area contributed by atoms with Gasteiger partial charge in [-0.05, 0) is 31.4 Å². The van der Waals surface area contributed by atoms with Crippen LogP contribution in [0.4, 0.5) is 10.5 Å². The van der Waals surface area contributed by atoms with Gasteiger partial charge in [0.15, 0.2) is 0 Å². The van der Waals surface area contributed by atoms with E-state index in [1.54, 1.807) is 31.5 Å². The fraction of sp³-hybridized carbons (Fsp3) is 0.500. The SMILES string of the molecule is CC(O)CC(C)CNC(=O)Nc1ccncc1. The summed E-state index contributed by atoms with van der Waals surface area (Å²) < 4.78 is 0. The third-order valence-corrected chi connectivity index (χ3v) is 2.29. The molecule has 2 amide bonds. The number of carbonyl (C=O) groups is 1. The van der Waals surface area contributed by atoms with Gasteiger partial charge in [-0.25, -0.2) is 4.79 Å². The summed E-state index contributed by atoms with van der Waals surface area (Å²) in [5, 5.41) is 14.6. The first kappa shape index (κ1) is 13.4. The number of aliphatic hydroxyl groups is 1. The Morgan fingerprint density at radius 1 is 1.41 bits per heavy atom. The molecule has 1 aromatic rings. The number of aliphatic hydroxyl groups excluding tert-OH is 1. The molecule has 17 heavy (non-hydrogen) atoms. The van der Waals surface area contributed by atoms with Crippen LogP contribution in [0.15, 0.2) is 24.5 Å². The molecule has 0 aliphatic heterocycles. The molecule has 0 aliphatic rings. The van der Waals surface area contributed by atoms with Crippen LogP contribution in [0.25, 0.3) is 0 Å². The summed E-state index contributed by atoms with van der Waals surface area (Å²) in [5.74, 6) is 0.248. The number of urea groups is 1. The highest BCUT2D eigenvalue weighted by Crippen LogP contribution is 2.05. The number of aromatic nitrogens is 1. The van der Waals surface area contributed by atoms with Crippen molar-refractivity contribution in [2.24, 2.45) is 5.92 Å². The summed E-state index contributed by atoms with van der Waals surface area (Å²) in [4.78, 5) is 15.4. The lowest BCUT2D eigenvalue weighted by Gasteiger charge is -2.14. The van der Waals surface area contributed by atoms with Crippen LogP contribution in [-0.2, 0) is 0 Å². The minimum Gasteiger partial charge on any atom is -0.393 e. The Labute approximate surface area is 101 Å². The van der Waals surface area contributed by atoms with E-state index in [0.29, 0.717) is 18.7 Å². The number of carbonyl (C=O) groups excluding carboxylic acids is 1. The number of nitrogens with one attached hydrogen (secondary N) is 2. The highest BCUT2D eigenvalue weighted by molar-refractivity contribution is 5.88. The van der Waals surface area contributed by atoms with E-state index in [4.69, 9.17) is 0 Å². The zero-order chi connectivity index (χ0) is 12.7. The summed E-state index contributed by atoms with van der Waals surface area (Å²) in [6.45, 7) is 4.27. The molecular weight excluding hydrogens is 218 g/mol. The molecule has 0 bridgehead atoms. The number of amides is 2. The molecule has 2 atom stereocenters. The second kappa shape index (κ2) is 6.85. The van der Waals surface area contributed by atoms with Gasteiger partial charge >= 0.3 is 6.03 Å². The number of nitrogens with zero attached hydrogens (tertiary/aromatic N) is 1. The first-order valence-corrected chi connectivity index (χ1v) is 5.71. The number of rotatable bonds is 5. The maximum atomic E-state index is 11.5. The van der Waals surface area contributed by atoms with Crippen LogP contribution < -0.4 is 10.6 Å². The van der Waals surface area contributed by atoms with Gasteiger partial charge in [0.25, 0.3) is 0 Å². The number of pyridine rings is 1. The molecule has 1 heterocycles. The lowest BCUT2D eigenvalue weighted by atomic mass is 10.1. The number of hydrogen-bond acceptors (Lipinski definition) is 3. The molecule has 2 unspecified atom stereocenters. The van der Waals surface area contributed by atoms with Crippen LogP contribution in [0.1, 0.15) is 20.3 Å². The van der Waals surface area contributed by atoms with Crippen molar-refractivity contribution in [3.8, 4) is 0 Å². The predicted molar refractivity (Wildman–Crippen MR) is 66.7 cm³/mol. The van der Waals surface area contributed by atoms with Crippen LogP contribution in [0, 0.1) is 5.92 Å². The average Bonchev–Trinajstić information content (AvgIpc) is 2.27. The molecule has 0 saturated heterocycles. The Balaban J connectivity index is 2.26. The molecule has 5 nitrogen and oxygen atoms in total. The Morgan fingerprint density at radius 2 is 2.06 bits per heavy atom. The van der Waals surface area contributed by atoms with E-state index in [0.717, 1.165) is 0 Å². The maximum Gasteiger partial charge on any atom is 0.319 e. The first-order valence-electron chi connectivity index (χ1n) is 5.71. The van der Waals surface area contributed by atoms with Crippen molar-refractivity contribution < 1.29 is 9.90 Å². The smallest absolute Gasteiger partial charge is 0.319 e. The molecule has 0 radical (unpaired) electrons. The lowest BCUT2D eigenvalue weighted by molar-refractivity contribution is 0.163. The van der Waals surface area contributed by atoms with E-state index < -0.39 is 0 Å². The Kier molecular flexibility index (Phi) is 5.42. The zero-order valence-electron chi connectivity index (χ0n) is 10.2. The maximum absolute atomic E-state index is 11.5. The van der Waals surface area contributed by atoms with E-state index >= 15 is 0 Å². The number of hydrogen-bond donors (Lipinski definition) is 3. The van der Waals surface area contributed by atoms with Gasteiger partial charge in [0.05, 0.1) is 6.10 Å². The van der Waals surface area contributed by atoms with Crippen molar-refractivity contribution >= 4 is 11.7 Å². The van der Waals surface area contributed by atoms with Gasteiger partial charge in [-0.3, -0.25) is 4.98 Å². The van der Waals surface area contributed by atoms with Crippen LogP contribution in [0.2, 0.25) is 0 Å². The second-order valence-corrected chi connectivity index (χ2v) is 4.26. The van der Waals surface area contributed by atoms with E-state index in [-0.39, 0.29) is 18.1 Å². The van der Waals surface area contributed by atoms with Crippen molar-refractivity contribution in [3.05, 3.63) is 24.5 Å². The summed E-state index contributed by atoms with van der Waals surface area (Å²) in [7, 11) is 0. The van der Waals surface area contributed by atoms with E-state index in [1.165, 1.54) is 0 Å². The van der Waals surface area contributed by atoms with Gasteiger partial charge in [-0.15, -0.1) is 0 Å². The molecule has 0 aromatic carbocycles. The monoisotopic (exact) mass is 237 g/mol. The predicted octanol–water partition coefficient (Wildman–Crippen LogP) is 1.61. The molecule has 0 saturated carbocycles. The Morgan fingerprint density at radius 3 is 2.65 bits per heavy atom. The topological polar surface area (TPSA) is 74.2 Å². The van der Waals surface area contributed by atoms with E-state index in [9.17, 15) is 9.90 Å². The molecule has 1 aromatic heterocycles. The largest absolute Gasteiger partial charge is 0.393 e. The molecule has 0 fully saturated rings. The van der Waals surface area contributed by atoms with Crippen molar-refractivity contribution in [1.29, 1.82) is 0 Å². The normalized spacial score (nSPS) is 13.8. The highest BCUT2D eigenvalue weighted by atomic mass is 16.3. The fourth-order valence-corrected chi connectivity index (χ4v) is 1.54. The molecule has 3 N–H and O–H groups in total. The molecule has 94 valence electrons. The average molecular weight is 237 g/mol. The summed E-state index contributed by atoms with van der Waals surface area (Å²) in [6.07, 6.45) is 3.57. The van der Waals surface area contributed by atoms with Gasteiger partial charge in [-0.1, -0.05) is 6.92 Å². The quantitative estimate of drug-likeness (QED) is 0.728. The molecule has 0 spiro atoms. The van der Waals surface area contributed by atoms with Crippen LogP contribution in [-0.4, -0.2) is 28.8 Å². The van der Waals surface area contributed by atoms with E-state index in [2.05, 4.69) is 15.6 Å². The highest BCUT2D eigenvalue weighted by Gasteiger charge is 2.08. The summed E-state index contributed by atoms with van der Waals surface area (Å²) >= 11 is 0. The summed E-state index contributed by atoms with van der Waals surface area (Å²) in [5.41, 5.74) is 0.709. The minimum atomic E-state index is -0.338. The molecular formula is C12H19N3O2. The fourth-order valence-electron chi connectivity index (χ4n) is 1.54. The zero-order valence-corrected chi connectivity index (χ0v) is 10.2. The Hall–Kier alpha value is -1.62. The summed E-state index contributed by atoms with van der Waals surface area (Å²) in [6, 6.07) is 3.20. The molecule has 0 aliphatic carbocycles.